The van der Waals surface area contributed by atoms with Crippen molar-refractivity contribution < 1.29 is 0 Å². The molecule has 1 aromatic carbocycles. The minimum atomic E-state index is 0.270. The SMILES string of the molecule is CCCc1ccc(C2CC(N)C2(C)C)cc1. The van der Waals surface area contributed by atoms with Crippen molar-refractivity contribution in [3.8, 4) is 0 Å². The van der Waals surface area contributed by atoms with Crippen LogP contribution in [0.25, 0.3) is 0 Å². The predicted molar refractivity (Wildman–Crippen MR) is 69.6 cm³/mol. The first-order valence-electron chi connectivity index (χ1n) is 6.40. The van der Waals surface area contributed by atoms with Crippen molar-refractivity contribution in [2.75, 3.05) is 0 Å². The largest absolute Gasteiger partial charge is 0.327 e. The molecule has 0 amide bonds. The van der Waals surface area contributed by atoms with E-state index in [1.165, 1.54) is 24.0 Å². The summed E-state index contributed by atoms with van der Waals surface area (Å²) in [6.45, 7) is 6.79. The highest BCUT2D eigenvalue weighted by Crippen LogP contribution is 2.51. The maximum absolute atomic E-state index is 6.06. The molecule has 2 N–H and O–H groups in total. The summed E-state index contributed by atoms with van der Waals surface area (Å²) < 4.78 is 0. The number of benzene rings is 1. The van der Waals surface area contributed by atoms with Crippen LogP contribution < -0.4 is 5.73 Å². The summed E-state index contributed by atoms with van der Waals surface area (Å²) in [5, 5.41) is 0. The quantitative estimate of drug-likeness (QED) is 0.824. The number of hydrogen-bond acceptors (Lipinski definition) is 1. The van der Waals surface area contributed by atoms with Crippen LogP contribution in [0.2, 0.25) is 0 Å². The molecule has 16 heavy (non-hydrogen) atoms. The Hall–Kier alpha value is -0.820. The van der Waals surface area contributed by atoms with Crippen molar-refractivity contribution in [2.45, 2.75) is 52.0 Å². The molecule has 1 fully saturated rings. The van der Waals surface area contributed by atoms with Gasteiger partial charge >= 0.3 is 0 Å². The number of hydrogen-bond donors (Lipinski definition) is 1. The number of aryl methyl sites for hydroxylation is 1. The summed E-state index contributed by atoms with van der Waals surface area (Å²) >= 11 is 0. The van der Waals surface area contributed by atoms with Gasteiger partial charge in [0.2, 0.25) is 0 Å². The van der Waals surface area contributed by atoms with Crippen molar-refractivity contribution >= 4 is 0 Å². The van der Waals surface area contributed by atoms with Crippen LogP contribution in [-0.2, 0) is 6.42 Å². The fourth-order valence-electron chi connectivity index (χ4n) is 2.73. The third-order valence-electron chi connectivity index (χ3n) is 4.26. The normalized spacial score (nSPS) is 27.5. The Kier molecular flexibility index (Phi) is 3.07. The van der Waals surface area contributed by atoms with Gasteiger partial charge in [0.25, 0.3) is 0 Å². The highest BCUT2D eigenvalue weighted by atomic mass is 14.8. The molecule has 0 aliphatic heterocycles. The lowest BCUT2D eigenvalue weighted by molar-refractivity contribution is 0.0984. The van der Waals surface area contributed by atoms with E-state index in [2.05, 4.69) is 45.0 Å². The van der Waals surface area contributed by atoms with Gasteiger partial charge in [0.1, 0.15) is 0 Å². The van der Waals surface area contributed by atoms with Gasteiger partial charge in [0, 0.05) is 6.04 Å². The predicted octanol–water partition coefficient (Wildman–Crippen LogP) is 3.48. The molecule has 1 nitrogen and oxygen atoms in total. The molecule has 0 heterocycles. The zero-order valence-corrected chi connectivity index (χ0v) is 10.7. The lowest BCUT2D eigenvalue weighted by atomic mass is 9.57. The molecular weight excluding hydrogens is 194 g/mol. The lowest BCUT2D eigenvalue weighted by Crippen LogP contribution is -2.52. The zero-order valence-electron chi connectivity index (χ0n) is 10.7. The van der Waals surface area contributed by atoms with Gasteiger partial charge in [0.05, 0.1) is 0 Å². The van der Waals surface area contributed by atoms with Gasteiger partial charge in [0.15, 0.2) is 0 Å². The van der Waals surface area contributed by atoms with Gasteiger partial charge in [-0.2, -0.15) is 0 Å². The first kappa shape index (κ1) is 11.7. The second-order valence-electron chi connectivity index (χ2n) is 5.71. The van der Waals surface area contributed by atoms with Crippen molar-refractivity contribution in [1.29, 1.82) is 0 Å². The smallest absolute Gasteiger partial charge is 0.0102 e. The summed E-state index contributed by atoms with van der Waals surface area (Å²) in [6, 6.07) is 9.51. The maximum atomic E-state index is 6.06. The number of nitrogens with two attached hydrogens (primary N) is 1. The molecule has 1 aliphatic carbocycles. The molecule has 1 heteroatoms. The number of rotatable bonds is 3. The summed E-state index contributed by atoms with van der Waals surface area (Å²) in [4.78, 5) is 0. The van der Waals surface area contributed by atoms with E-state index >= 15 is 0 Å². The third-order valence-corrected chi connectivity index (χ3v) is 4.26. The van der Waals surface area contributed by atoms with E-state index in [4.69, 9.17) is 5.73 Å². The van der Waals surface area contributed by atoms with Crippen molar-refractivity contribution in [3.05, 3.63) is 35.4 Å². The average Bonchev–Trinajstić information content (AvgIpc) is 2.28. The molecule has 2 rings (SSSR count). The average molecular weight is 217 g/mol. The Labute approximate surface area is 99.0 Å². The molecule has 1 saturated carbocycles. The Balaban J connectivity index is 2.11. The second kappa shape index (κ2) is 4.21. The van der Waals surface area contributed by atoms with Gasteiger partial charge in [-0.05, 0) is 35.3 Å². The van der Waals surface area contributed by atoms with Gasteiger partial charge in [-0.25, -0.2) is 0 Å². The lowest BCUT2D eigenvalue weighted by Gasteiger charge is -2.50. The topological polar surface area (TPSA) is 26.0 Å². The molecule has 0 saturated heterocycles. The van der Waals surface area contributed by atoms with E-state index in [-0.39, 0.29) is 5.41 Å². The Morgan fingerprint density at radius 1 is 1.25 bits per heavy atom. The van der Waals surface area contributed by atoms with Gasteiger partial charge in [-0.15, -0.1) is 0 Å². The van der Waals surface area contributed by atoms with Crippen LogP contribution in [0.3, 0.4) is 0 Å². The van der Waals surface area contributed by atoms with E-state index in [0.717, 1.165) is 6.42 Å². The molecule has 1 aromatic rings. The van der Waals surface area contributed by atoms with Crippen LogP contribution in [-0.4, -0.2) is 6.04 Å². The molecule has 2 unspecified atom stereocenters. The van der Waals surface area contributed by atoms with Crippen LogP contribution in [0.5, 0.6) is 0 Å². The van der Waals surface area contributed by atoms with Crippen LogP contribution >= 0.6 is 0 Å². The van der Waals surface area contributed by atoms with Crippen LogP contribution in [0.4, 0.5) is 0 Å². The van der Waals surface area contributed by atoms with Crippen molar-refractivity contribution in [2.24, 2.45) is 11.1 Å². The fourth-order valence-corrected chi connectivity index (χ4v) is 2.73. The van der Waals surface area contributed by atoms with E-state index in [1.54, 1.807) is 0 Å². The van der Waals surface area contributed by atoms with Gasteiger partial charge in [-0.1, -0.05) is 51.5 Å². The first-order chi connectivity index (χ1) is 7.55. The summed E-state index contributed by atoms with van der Waals surface area (Å²) in [5.41, 5.74) is 9.25. The summed E-state index contributed by atoms with van der Waals surface area (Å²) in [5.74, 6) is 0.651. The summed E-state index contributed by atoms with van der Waals surface area (Å²) in [7, 11) is 0. The highest BCUT2D eigenvalue weighted by Gasteiger charge is 2.46. The molecule has 0 bridgehead atoms. The minimum absolute atomic E-state index is 0.270. The minimum Gasteiger partial charge on any atom is -0.327 e. The second-order valence-corrected chi connectivity index (χ2v) is 5.71. The van der Waals surface area contributed by atoms with Crippen molar-refractivity contribution in [3.63, 3.8) is 0 Å². The Morgan fingerprint density at radius 2 is 1.88 bits per heavy atom. The first-order valence-corrected chi connectivity index (χ1v) is 6.40. The summed E-state index contributed by atoms with van der Waals surface area (Å²) in [6.07, 6.45) is 3.55. The third kappa shape index (κ3) is 1.89. The molecule has 0 radical (unpaired) electrons. The molecule has 88 valence electrons. The van der Waals surface area contributed by atoms with E-state index in [1.807, 2.05) is 0 Å². The van der Waals surface area contributed by atoms with Crippen molar-refractivity contribution in [1.82, 2.24) is 0 Å². The van der Waals surface area contributed by atoms with Crippen LogP contribution in [0, 0.1) is 5.41 Å². The molecule has 1 aliphatic rings. The highest BCUT2D eigenvalue weighted by molar-refractivity contribution is 5.30. The van der Waals surface area contributed by atoms with Crippen LogP contribution in [0.15, 0.2) is 24.3 Å². The standard InChI is InChI=1S/C15H23N/c1-4-5-11-6-8-12(9-7-11)13-10-14(16)15(13,2)3/h6-9,13-14H,4-5,10,16H2,1-3H3. The van der Waals surface area contributed by atoms with Crippen LogP contribution in [0.1, 0.15) is 50.7 Å². The molecule has 0 spiro atoms. The van der Waals surface area contributed by atoms with E-state index < -0.39 is 0 Å². The van der Waals surface area contributed by atoms with E-state index in [0.29, 0.717) is 12.0 Å². The fraction of sp³-hybridized carbons (Fsp3) is 0.600. The van der Waals surface area contributed by atoms with Gasteiger partial charge in [-0.3, -0.25) is 0 Å². The zero-order chi connectivity index (χ0) is 11.8. The molecule has 2 atom stereocenters. The Morgan fingerprint density at radius 3 is 2.31 bits per heavy atom. The molecular formula is C15H23N. The Bertz CT molecular complexity index is 350. The molecule has 0 aromatic heterocycles. The van der Waals surface area contributed by atoms with E-state index in [9.17, 15) is 0 Å². The monoisotopic (exact) mass is 217 g/mol. The van der Waals surface area contributed by atoms with Gasteiger partial charge < -0.3 is 5.73 Å². The maximum Gasteiger partial charge on any atom is 0.0102 e.